The molecule has 10 heteroatoms. The molecule has 0 aromatic heterocycles. The number of hydrogen-bond donors (Lipinski definition) is 0. The normalized spacial score (nSPS) is 21.4. The zero-order chi connectivity index (χ0) is 24.6. The highest BCUT2D eigenvalue weighted by Gasteiger charge is 2.53. The standard InChI is InChI=1S/C24H20ClN3O6/c1-14-4-2-7-19-21(14)24(32)27(23(19)31)26(13-20(29)15-8-10-17(25)11-9-15)22(30)16-5-3-6-18(12-16)28(33)34/h2-6,8-12,14,19,21H,7,13H2,1H3/t14-,19-,21-/m1/s1. The summed E-state index contributed by atoms with van der Waals surface area (Å²) in [4.78, 5) is 63.6. The van der Waals surface area contributed by atoms with Gasteiger partial charge in [-0.1, -0.05) is 36.7 Å². The third kappa shape index (κ3) is 4.22. The smallest absolute Gasteiger partial charge is 0.273 e. The lowest BCUT2D eigenvalue weighted by atomic mass is 9.78. The number of nitro benzene ring substituents is 1. The molecule has 3 atom stereocenters. The zero-order valence-electron chi connectivity index (χ0n) is 18.1. The maximum Gasteiger partial charge on any atom is 0.273 e. The van der Waals surface area contributed by atoms with E-state index < -0.39 is 46.8 Å². The molecule has 34 heavy (non-hydrogen) atoms. The summed E-state index contributed by atoms with van der Waals surface area (Å²) in [6.45, 7) is 1.20. The van der Waals surface area contributed by atoms with Crippen LogP contribution in [0.4, 0.5) is 5.69 Å². The van der Waals surface area contributed by atoms with Crippen LogP contribution in [0, 0.1) is 27.9 Å². The Hall–Kier alpha value is -3.85. The average molecular weight is 482 g/mol. The van der Waals surface area contributed by atoms with E-state index in [1.54, 1.807) is 0 Å². The monoisotopic (exact) mass is 481 g/mol. The molecule has 4 rings (SSSR count). The van der Waals surface area contributed by atoms with E-state index in [4.69, 9.17) is 11.6 Å². The molecule has 1 aliphatic heterocycles. The van der Waals surface area contributed by atoms with Gasteiger partial charge in [-0.25, -0.2) is 5.01 Å². The molecule has 1 saturated heterocycles. The Morgan fingerprint density at radius 1 is 1.12 bits per heavy atom. The van der Waals surface area contributed by atoms with Gasteiger partial charge in [-0.3, -0.25) is 29.3 Å². The van der Waals surface area contributed by atoms with Crippen molar-refractivity contribution in [1.29, 1.82) is 0 Å². The molecule has 2 aromatic rings. The fraction of sp³-hybridized carbons (Fsp3) is 0.250. The van der Waals surface area contributed by atoms with Crippen LogP contribution in [0.1, 0.15) is 34.1 Å². The van der Waals surface area contributed by atoms with Gasteiger partial charge in [0.2, 0.25) is 0 Å². The molecule has 2 aromatic carbocycles. The number of non-ortho nitro benzene ring substituents is 1. The third-order valence-electron chi connectivity index (χ3n) is 6.09. The van der Waals surface area contributed by atoms with E-state index in [0.717, 1.165) is 16.1 Å². The first kappa shape index (κ1) is 23.3. The predicted octanol–water partition coefficient (Wildman–Crippen LogP) is 3.69. The van der Waals surface area contributed by atoms with Crippen LogP contribution in [0.2, 0.25) is 5.02 Å². The number of carbonyl (C=O) groups is 4. The highest BCUT2D eigenvalue weighted by atomic mass is 35.5. The summed E-state index contributed by atoms with van der Waals surface area (Å²) in [6, 6.07) is 10.9. The minimum Gasteiger partial charge on any atom is -0.292 e. The Bertz CT molecular complexity index is 1230. The third-order valence-corrected chi connectivity index (χ3v) is 6.34. The molecule has 0 spiro atoms. The van der Waals surface area contributed by atoms with Crippen LogP contribution in [0.3, 0.4) is 0 Å². The van der Waals surface area contributed by atoms with Crippen molar-refractivity contribution in [3.63, 3.8) is 0 Å². The summed E-state index contributed by atoms with van der Waals surface area (Å²) in [7, 11) is 0. The fourth-order valence-corrected chi connectivity index (χ4v) is 4.49. The van der Waals surface area contributed by atoms with Gasteiger partial charge in [-0.2, -0.15) is 5.01 Å². The lowest BCUT2D eigenvalue weighted by Gasteiger charge is -2.30. The van der Waals surface area contributed by atoms with Gasteiger partial charge in [0, 0.05) is 28.3 Å². The van der Waals surface area contributed by atoms with Crippen LogP contribution < -0.4 is 0 Å². The molecule has 0 unspecified atom stereocenters. The van der Waals surface area contributed by atoms with Crippen molar-refractivity contribution in [2.75, 3.05) is 6.54 Å². The zero-order valence-corrected chi connectivity index (χ0v) is 18.8. The molecule has 1 fully saturated rings. The molecular formula is C24H20ClN3O6. The number of hydrogen-bond acceptors (Lipinski definition) is 6. The van der Waals surface area contributed by atoms with E-state index in [1.807, 2.05) is 19.1 Å². The summed E-state index contributed by atoms with van der Waals surface area (Å²) in [5.74, 6) is -4.06. The number of ketones is 1. The van der Waals surface area contributed by atoms with E-state index in [9.17, 15) is 29.3 Å². The van der Waals surface area contributed by atoms with Crippen molar-refractivity contribution in [3.05, 3.63) is 86.9 Å². The molecule has 174 valence electrons. The first-order chi connectivity index (χ1) is 16.2. The number of carbonyl (C=O) groups excluding carboxylic acids is 4. The van der Waals surface area contributed by atoms with Crippen LogP contribution in [0.15, 0.2) is 60.7 Å². The maximum atomic E-state index is 13.5. The predicted molar refractivity (Wildman–Crippen MR) is 122 cm³/mol. The van der Waals surface area contributed by atoms with Gasteiger partial charge in [0.05, 0.1) is 16.8 Å². The van der Waals surface area contributed by atoms with Crippen LogP contribution in [0.25, 0.3) is 0 Å². The Morgan fingerprint density at radius 2 is 1.82 bits per heavy atom. The molecule has 1 heterocycles. The van der Waals surface area contributed by atoms with Gasteiger partial charge in [-0.15, -0.1) is 0 Å². The number of fused-ring (bicyclic) bond motifs is 1. The number of nitrogens with zero attached hydrogens (tertiary/aromatic N) is 3. The first-order valence-corrected chi connectivity index (χ1v) is 11.0. The lowest BCUT2D eigenvalue weighted by Crippen LogP contribution is -2.52. The Morgan fingerprint density at radius 3 is 2.47 bits per heavy atom. The van der Waals surface area contributed by atoms with Crippen LogP contribution in [-0.4, -0.2) is 45.0 Å². The summed E-state index contributed by atoms with van der Waals surface area (Å²) in [5.41, 5.74) is -0.229. The van der Waals surface area contributed by atoms with Gasteiger partial charge in [-0.05, 0) is 42.7 Å². The van der Waals surface area contributed by atoms with Crippen LogP contribution in [-0.2, 0) is 9.59 Å². The van der Waals surface area contributed by atoms with Crippen molar-refractivity contribution in [1.82, 2.24) is 10.0 Å². The van der Waals surface area contributed by atoms with Gasteiger partial charge in [0.15, 0.2) is 5.78 Å². The van der Waals surface area contributed by atoms with E-state index in [2.05, 4.69) is 0 Å². The number of nitro groups is 1. The van der Waals surface area contributed by atoms with Crippen molar-refractivity contribution in [3.8, 4) is 0 Å². The second-order valence-electron chi connectivity index (χ2n) is 8.24. The maximum absolute atomic E-state index is 13.5. The quantitative estimate of drug-likeness (QED) is 0.204. The number of rotatable bonds is 6. The highest BCUT2D eigenvalue weighted by molar-refractivity contribution is 6.30. The Labute approximate surface area is 199 Å². The minimum absolute atomic E-state index is 0.125. The Kier molecular flexibility index (Phi) is 6.30. The molecule has 0 N–H and O–H groups in total. The van der Waals surface area contributed by atoms with Gasteiger partial charge < -0.3 is 0 Å². The van der Waals surface area contributed by atoms with Crippen molar-refractivity contribution in [2.24, 2.45) is 17.8 Å². The van der Waals surface area contributed by atoms with E-state index in [-0.39, 0.29) is 22.7 Å². The molecular weight excluding hydrogens is 462 g/mol. The molecule has 0 radical (unpaired) electrons. The van der Waals surface area contributed by atoms with Crippen molar-refractivity contribution >= 4 is 40.8 Å². The van der Waals surface area contributed by atoms with Crippen LogP contribution >= 0.6 is 11.6 Å². The first-order valence-electron chi connectivity index (χ1n) is 10.6. The van der Waals surface area contributed by atoms with Crippen molar-refractivity contribution < 1.29 is 24.1 Å². The molecule has 0 bridgehead atoms. The molecule has 9 nitrogen and oxygen atoms in total. The van der Waals surface area contributed by atoms with Crippen LogP contribution in [0.5, 0.6) is 0 Å². The molecule has 1 aliphatic carbocycles. The largest absolute Gasteiger partial charge is 0.292 e. The van der Waals surface area contributed by atoms with E-state index >= 15 is 0 Å². The SMILES string of the molecule is C[C@@H]1C=CC[C@H]2C(=O)N(N(CC(=O)c3ccc(Cl)cc3)C(=O)c3cccc([N+](=O)[O-])c3)C(=O)[C@H]12. The average Bonchev–Trinajstić information content (AvgIpc) is 3.08. The van der Waals surface area contributed by atoms with Crippen molar-refractivity contribution in [2.45, 2.75) is 13.3 Å². The number of allylic oxidation sites excluding steroid dienone is 2. The van der Waals surface area contributed by atoms with Gasteiger partial charge in [0.1, 0.15) is 6.54 Å². The fourth-order valence-electron chi connectivity index (χ4n) is 4.37. The highest BCUT2D eigenvalue weighted by Crippen LogP contribution is 2.39. The second kappa shape index (κ2) is 9.18. The number of benzene rings is 2. The topological polar surface area (TPSA) is 118 Å². The lowest BCUT2D eigenvalue weighted by molar-refractivity contribution is -0.384. The number of imide groups is 1. The molecule has 3 amide bonds. The summed E-state index contributed by atoms with van der Waals surface area (Å²) in [6.07, 6.45) is 4.02. The van der Waals surface area contributed by atoms with E-state index in [0.29, 0.717) is 11.4 Å². The van der Waals surface area contributed by atoms with E-state index in [1.165, 1.54) is 42.5 Å². The summed E-state index contributed by atoms with van der Waals surface area (Å²) < 4.78 is 0. The minimum atomic E-state index is -0.869. The molecule has 0 saturated carbocycles. The Balaban J connectivity index is 1.73. The summed E-state index contributed by atoms with van der Waals surface area (Å²) >= 11 is 5.88. The number of Topliss-reactive ketones (excluding diaryl/α,β-unsaturated/α-hetero) is 1. The summed E-state index contributed by atoms with van der Waals surface area (Å²) in [5, 5.41) is 13.1. The van der Waals surface area contributed by atoms with Gasteiger partial charge >= 0.3 is 0 Å². The second-order valence-corrected chi connectivity index (χ2v) is 8.68. The number of hydrazine groups is 1. The van der Waals surface area contributed by atoms with Gasteiger partial charge in [0.25, 0.3) is 23.4 Å². The number of halogens is 1. The number of amides is 3. The molecule has 2 aliphatic rings.